The number of amides is 1. The zero-order valence-electron chi connectivity index (χ0n) is 13.8. The molecule has 0 bridgehead atoms. The van der Waals surface area contributed by atoms with Gasteiger partial charge in [-0.15, -0.1) is 0 Å². The van der Waals surface area contributed by atoms with E-state index in [1.807, 2.05) is 0 Å². The maximum Gasteiger partial charge on any atom is 0.258 e. The summed E-state index contributed by atoms with van der Waals surface area (Å²) in [5.74, 6) is 0.427. The van der Waals surface area contributed by atoms with Crippen molar-refractivity contribution in [1.29, 1.82) is 0 Å². The van der Waals surface area contributed by atoms with Crippen molar-refractivity contribution in [2.75, 3.05) is 19.7 Å². The number of halogens is 2. The number of piperidine rings is 1. The highest BCUT2D eigenvalue weighted by Crippen LogP contribution is 2.27. The van der Waals surface area contributed by atoms with Gasteiger partial charge in [-0.3, -0.25) is 4.79 Å². The Kier molecular flexibility index (Phi) is 6.25. The molecule has 2 aliphatic rings. The molecule has 0 radical (unpaired) electrons. The molecule has 1 aliphatic heterocycles. The first kappa shape index (κ1) is 17.8. The lowest BCUT2D eigenvalue weighted by Gasteiger charge is -2.32. The summed E-state index contributed by atoms with van der Waals surface area (Å²) < 4.78 is 5.49. The van der Waals surface area contributed by atoms with Crippen LogP contribution in [0.5, 0.6) is 5.75 Å². The number of benzene rings is 1. The summed E-state index contributed by atoms with van der Waals surface area (Å²) in [5, 5.41) is 4.09. The Labute approximate surface area is 153 Å². The lowest BCUT2D eigenvalue weighted by atomic mass is 10.1. The number of rotatable bonds is 5. The molecule has 6 heteroatoms. The second kappa shape index (κ2) is 8.41. The van der Waals surface area contributed by atoms with Gasteiger partial charge in [0.1, 0.15) is 5.75 Å². The van der Waals surface area contributed by atoms with E-state index >= 15 is 0 Å². The summed E-state index contributed by atoms with van der Waals surface area (Å²) in [7, 11) is 0. The van der Waals surface area contributed by atoms with E-state index in [9.17, 15) is 4.79 Å². The highest BCUT2D eigenvalue weighted by atomic mass is 35.5. The molecule has 1 amide bonds. The maximum atomic E-state index is 12.1. The molecule has 1 N–H and O–H groups in total. The minimum Gasteiger partial charge on any atom is -0.484 e. The summed E-state index contributed by atoms with van der Waals surface area (Å²) in [6.45, 7) is 2.41. The molecule has 1 aromatic rings. The fourth-order valence-corrected chi connectivity index (χ4v) is 4.24. The predicted molar refractivity (Wildman–Crippen MR) is 97.0 cm³/mol. The third kappa shape index (κ3) is 5.01. The van der Waals surface area contributed by atoms with Crippen LogP contribution in [-0.2, 0) is 4.79 Å². The molecule has 4 nitrogen and oxygen atoms in total. The zero-order chi connectivity index (χ0) is 16.9. The Bertz CT molecular complexity index is 556. The molecule has 1 aliphatic carbocycles. The summed E-state index contributed by atoms with van der Waals surface area (Å²) >= 11 is 11.8. The lowest BCUT2D eigenvalue weighted by Crippen LogP contribution is -2.40. The van der Waals surface area contributed by atoms with E-state index in [1.54, 1.807) is 18.2 Å². The summed E-state index contributed by atoms with van der Waals surface area (Å²) in [5.41, 5.74) is 0. The number of nitrogens with one attached hydrogen (secondary N) is 1. The van der Waals surface area contributed by atoms with Crippen LogP contribution < -0.4 is 10.1 Å². The van der Waals surface area contributed by atoms with Gasteiger partial charge < -0.3 is 15.0 Å². The highest BCUT2D eigenvalue weighted by Gasteiger charge is 2.30. The van der Waals surface area contributed by atoms with Crippen LogP contribution in [0, 0.1) is 0 Å². The van der Waals surface area contributed by atoms with E-state index in [2.05, 4.69) is 10.2 Å². The van der Waals surface area contributed by atoms with Crippen molar-refractivity contribution in [3.05, 3.63) is 28.2 Å². The van der Waals surface area contributed by atoms with Gasteiger partial charge in [0.25, 0.3) is 5.91 Å². The van der Waals surface area contributed by atoms with E-state index in [0.717, 1.165) is 12.8 Å². The molecule has 1 heterocycles. The van der Waals surface area contributed by atoms with Gasteiger partial charge in [-0.1, -0.05) is 29.6 Å². The van der Waals surface area contributed by atoms with Crippen molar-refractivity contribution in [3.8, 4) is 5.75 Å². The van der Waals surface area contributed by atoms with E-state index in [-0.39, 0.29) is 18.6 Å². The van der Waals surface area contributed by atoms with E-state index in [0.29, 0.717) is 21.8 Å². The van der Waals surface area contributed by atoms with Crippen molar-refractivity contribution in [3.63, 3.8) is 0 Å². The van der Waals surface area contributed by atoms with Crippen LogP contribution >= 0.6 is 23.2 Å². The summed E-state index contributed by atoms with van der Waals surface area (Å²) in [6, 6.07) is 5.83. The number of carbonyl (C=O) groups excluding carboxylic acids is 1. The molecule has 2 fully saturated rings. The molecule has 24 heavy (non-hydrogen) atoms. The average Bonchev–Trinajstić information content (AvgIpc) is 3.01. The normalized spacial score (nSPS) is 24.8. The molecule has 1 aromatic carbocycles. The van der Waals surface area contributed by atoms with Crippen molar-refractivity contribution in [1.82, 2.24) is 10.2 Å². The average molecular weight is 371 g/mol. The van der Waals surface area contributed by atoms with Crippen LogP contribution in [0.2, 0.25) is 10.0 Å². The molecule has 0 aromatic heterocycles. The topological polar surface area (TPSA) is 41.6 Å². The molecule has 3 rings (SSSR count). The lowest BCUT2D eigenvalue weighted by molar-refractivity contribution is -0.123. The molecule has 132 valence electrons. The Morgan fingerprint density at radius 2 is 1.83 bits per heavy atom. The van der Waals surface area contributed by atoms with Gasteiger partial charge in [0.15, 0.2) is 6.61 Å². The van der Waals surface area contributed by atoms with Crippen LogP contribution in [0.25, 0.3) is 0 Å². The predicted octanol–water partition coefficient (Wildman–Crippen LogP) is 3.90. The SMILES string of the molecule is O=C(COc1cc(Cl)cc(Cl)c1)N[C@H]1CC[C@H](N2CCCCC2)C1. The monoisotopic (exact) mass is 370 g/mol. The van der Waals surface area contributed by atoms with Crippen LogP contribution in [-0.4, -0.2) is 42.6 Å². The van der Waals surface area contributed by atoms with Gasteiger partial charge in [-0.05, 0) is 63.4 Å². The first-order valence-corrected chi connectivity index (χ1v) is 9.48. The fraction of sp³-hybridized carbons (Fsp3) is 0.611. The molecule has 1 saturated carbocycles. The number of ether oxygens (including phenoxy) is 1. The van der Waals surface area contributed by atoms with Crippen molar-refractivity contribution >= 4 is 29.1 Å². The summed E-state index contributed by atoms with van der Waals surface area (Å²) in [4.78, 5) is 14.7. The van der Waals surface area contributed by atoms with Crippen molar-refractivity contribution in [2.24, 2.45) is 0 Å². The largest absolute Gasteiger partial charge is 0.484 e. The van der Waals surface area contributed by atoms with Gasteiger partial charge in [0, 0.05) is 22.1 Å². The van der Waals surface area contributed by atoms with Gasteiger partial charge in [-0.25, -0.2) is 0 Å². The Hall–Kier alpha value is -0.970. The maximum absolute atomic E-state index is 12.1. The molecule has 0 spiro atoms. The minimum atomic E-state index is -0.0876. The first-order valence-electron chi connectivity index (χ1n) is 8.72. The smallest absolute Gasteiger partial charge is 0.258 e. The quantitative estimate of drug-likeness (QED) is 0.854. The van der Waals surface area contributed by atoms with Crippen LogP contribution in [0.4, 0.5) is 0 Å². The van der Waals surface area contributed by atoms with Crippen LogP contribution in [0.3, 0.4) is 0 Å². The number of hydrogen-bond acceptors (Lipinski definition) is 3. The minimum absolute atomic E-state index is 0.0123. The third-order valence-electron chi connectivity index (χ3n) is 4.88. The van der Waals surface area contributed by atoms with E-state index in [4.69, 9.17) is 27.9 Å². The molecular weight excluding hydrogens is 347 g/mol. The second-order valence-electron chi connectivity index (χ2n) is 6.72. The summed E-state index contributed by atoms with van der Waals surface area (Å²) in [6.07, 6.45) is 7.25. The molecular formula is C18H24Cl2N2O2. The Morgan fingerprint density at radius 3 is 2.54 bits per heavy atom. The third-order valence-corrected chi connectivity index (χ3v) is 5.32. The van der Waals surface area contributed by atoms with Gasteiger partial charge in [0.05, 0.1) is 0 Å². The number of nitrogens with zero attached hydrogens (tertiary/aromatic N) is 1. The first-order chi connectivity index (χ1) is 11.6. The highest BCUT2D eigenvalue weighted by molar-refractivity contribution is 6.34. The van der Waals surface area contributed by atoms with Crippen molar-refractivity contribution < 1.29 is 9.53 Å². The Balaban J connectivity index is 1.42. The van der Waals surface area contributed by atoms with Crippen LogP contribution in [0.1, 0.15) is 38.5 Å². The molecule has 0 unspecified atom stereocenters. The van der Waals surface area contributed by atoms with Gasteiger partial charge >= 0.3 is 0 Å². The van der Waals surface area contributed by atoms with Crippen LogP contribution in [0.15, 0.2) is 18.2 Å². The molecule has 1 saturated heterocycles. The number of hydrogen-bond donors (Lipinski definition) is 1. The second-order valence-corrected chi connectivity index (χ2v) is 7.59. The van der Waals surface area contributed by atoms with Crippen molar-refractivity contribution in [2.45, 2.75) is 50.6 Å². The van der Waals surface area contributed by atoms with Gasteiger partial charge in [0.2, 0.25) is 0 Å². The van der Waals surface area contributed by atoms with E-state index in [1.165, 1.54) is 38.8 Å². The zero-order valence-corrected chi connectivity index (χ0v) is 15.3. The Morgan fingerprint density at radius 1 is 1.12 bits per heavy atom. The fourth-order valence-electron chi connectivity index (χ4n) is 3.73. The molecule has 2 atom stereocenters. The van der Waals surface area contributed by atoms with E-state index < -0.39 is 0 Å². The number of likely N-dealkylation sites (tertiary alicyclic amines) is 1. The van der Waals surface area contributed by atoms with Gasteiger partial charge in [-0.2, -0.15) is 0 Å². The standard InChI is InChI=1S/C18H24Cl2N2O2/c19-13-8-14(20)10-17(9-13)24-12-18(23)21-15-4-5-16(11-15)22-6-2-1-3-7-22/h8-10,15-16H,1-7,11-12H2,(H,21,23)/t15-,16-/m0/s1. The number of carbonyl (C=O) groups is 1.